The van der Waals surface area contributed by atoms with Crippen molar-refractivity contribution in [3.8, 4) is 0 Å². The van der Waals surface area contributed by atoms with Crippen LogP contribution < -0.4 is 5.32 Å². The minimum Gasteiger partial charge on any atom is -0.496 e. The van der Waals surface area contributed by atoms with Crippen LogP contribution >= 0.6 is 0 Å². The zero-order valence-electron chi connectivity index (χ0n) is 8.91. The van der Waals surface area contributed by atoms with E-state index in [1.807, 2.05) is 0 Å². The zero-order chi connectivity index (χ0) is 13.1. The summed E-state index contributed by atoms with van der Waals surface area (Å²) in [6, 6.07) is 7.82. The Bertz CT molecular complexity index is 547. The second-order valence-corrected chi connectivity index (χ2v) is 4.54. The van der Waals surface area contributed by atoms with E-state index in [-0.39, 0.29) is 11.3 Å². The lowest BCUT2D eigenvalue weighted by molar-refractivity contribution is -0.117. The molecule has 17 heavy (non-hydrogen) atoms. The van der Waals surface area contributed by atoms with Crippen molar-refractivity contribution in [2.45, 2.75) is 6.92 Å². The van der Waals surface area contributed by atoms with Crippen LogP contribution in [0.1, 0.15) is 12.5 Å². The van der Waals surface area contributed by atoms with E-state index in [1.165, 1.54) is 12.1 Å². The van der Waals surface area contributed by atoms with Crippen LogP contribution in [0.2, 0.25) is 0 Å². The summed E-state index contributed by atoms with van der Waals surface area (Å²) in [5.41, 5.74) is -0.0987. The molecule has 0 atom stereocenters. The van der Waals surface area contributed by atoms with Crippen molar-refractivity contribution in [3.63, 3.8) is 0 Å². The molecule has 0 bridgehead atoms. The van der Waals surface area contributed by atoms with E-state index in [9.17, 15) is 18.3 Å². The lowest BCUT2D eigenvalue weighted by Gasteiger charge is -2.09. The van der Waals surface area contributed by atoms with Crippen molar-refractivity contribution in [2.24, 2.45) is 0 Å². The minimum atomic E-state index is -4.78. The molecule has 0 aliphatic heterocycles. The number of aliphatic hydroxyl groups is 1. The van der Waals surface area contributed by atoms with Crippen molar-refractivity contribution in [1.82, 2.24) is 5.32 Å². The molecule has 0 spiro atoms. The van der Waals surface area contributed by atoms with Crippen LogP contribution in [0.25, 0.3) is 5.70 Å². The van der Waals surface area contributed by atoms with Gasteiger partial charge in [-0.1, -0.05) is 30.3 Å². The van der Waals surface area contributed by atoms with Crippen LogP contribution in [0.4, 0.5) is 0 Å². The van der Waals surface area contributed by atoms with Gasteiger partial charge >= 0.3 is 10.1 Å². The first kappa shape index (κ1) is 13.2. The Labute approximate surface area is 98.3 Å². The number of aliphatic hydroxyl groups excluding tert-OH is 1. The number of rotatable bonds is 3. The molecule has 0 heterocycles. The maximum absolute atomic E-state index is 10.9. The van der Waals surface area contributed by atoms with Crippen molar-refractivity contribution < 1.29 is 22.9 Å². The fourth-order valence-corrected chi connectivity index (χ4v) is 1.59. The van der Waals surface area contributed by atoms with E-state index < -0.39 is 21.1 Å². The largest absolute Gasteiger partial charge is 0.496 e. The first-order valence-electron chi connectivity index (χ1n) is 4.56. The average molecular weight is 257 g/mol. The predicted octanol–water partition coefficient (Wildman–Crippen LogP) is 0.895. The number of hydrogen-bond acceptors (Lipinski definition) is 4. The molecule has 7 heteroatoms. The van der Waals surface area contributed by atoms with Gasteiger partial charge in [0.05, 0.1) is 0 Å². The lowest BCUT2D eigenvalue weighted by Crippen LogP contribution is -2.22. The van der Waals surface area contributed by atoms with Crippen LogP contribution in [-0.4, -0.2) is 24.0 Å². The fraction of sp³-hybridized carbons (Fsp3) is 0.100. The van der Waals surface area contributed by atoms with Gasteiger partial charge in [0.1, 0.15) is 5.70 Å². The molecule has 1 amide bonds. The van der Waals surface area contributed by atoms with Crippen molar-refractivity contribution in [1.29, 1.82) is 0 Å². The van der Waals surface area contributed by atoms with Crippen LogP contribution in [0.5, 0.6) is 0 Å². The van der Waals surface area contributed by atoms with Crippen molar-refractivity contribution >= 4 is 21.7 Å². The van der Waals surface area contributed by atoms with Crippen LogP contribution in [-0.2, 0) is 14.9 Å². The Morgan fingerprint density at radius 2 is 1.76 bits per heavy atom. The summed E-state index contributed by atoms with van der Waals surface area (Å²) in [5, 5.41) is 10.2. The maximum Gasteiger partial charge on any atom is 0.329 e. The van der Waals surface area contributed by atoms with E-state index in [2.05, 4.69) is 5.32 Å². The summed E-state index contributed by atoms with van der Waals surface area (Å²) in [6.45, 7) is 1.15. The van der Waals surface area contributed by atoms with E-state index in [0.29, 0.717) is 0 Å². The molecule has 0 saturated carbocycles. The molecule has 1 rings (SSSR count). The molecule has 1 aromatic rings. The monoisotopic (exact) mass is 257 g/mol. The minimum absolute atomic E-state index is 0.262. The number of nitrogens with one attached hydrogen (secondary N) is 1. The quantitative estimate of drug-likeness (QED) is 0.551. The SMILES string of the molecule is CC(=O)NC(=C(O)S(=O)(=O)O)c1ccccc1. The Kier molecular flexibility index (Phi) is 3.87. The lowest BCUT2D eigenvalue weighted by atomic mass is 10.2. The third-order valence-corrected chi connectivity index (χ3v) is 2.51. The van der Waals surface area contributed by atoms with Gasteiger partial charge in [-0.05, 0) is 0 Å². The topological polar surface area (TPSA) is 104 Å². The van der Waals surface area contributed by atoms with Gasteiger partial charge in [0.15, 0.2) is 0 Å². The Morgan fingerprint density at radius 1 is 1.24 bits per heavy atom. The summed E-state index contributed by atoms with van der Waals surface area (Å²) in [5.74, 6) is -0.570. The Hall–Kier alpha value is -1.86. The normalized spacial score (nSPS) is 12.8. The van der Waals surface area contributed by atoms with Gasteiger partial charge in [0, 0.05) is 12.5 Å². The molecule has 0 aliphatic carbocycles. The molecule has 0 fully saturated rings. The Morgan fingerprint density at radius 3 is 2.18 bits per heavy atom. The molecule has 0 aromatic heterocycles. The first-order valence-corrected chi connectivity index (χ1v) is 6.00. The highest BCUT2D eigenvalue weighted by Crippen LogP contribution is 2.17. The second-order valence-electron chi connectivity index (χ2n) is 3.20. The summed E-state index contributed by atoms with van der Waals surface area (Å²) >= 11 is 0. The van der Waals surface area contributed by atoms with Crippen LogP contribution in [0.15, 0.2) is 35.4 Å². The highest BCUT2D eigenvalue weighted by Gasteiger charge is 2.20. The summed E-state index contributed by atoms with van der Waals surface area (Å²) in [4.78, 5) is 10.9. The Balaban J connectivity index is 3.37. The molecular weight excluding hydrogens is 246 g/mol. The molecule has 92 valence electrons. The van der Waals surface area contributed by atoms with Crippen molar-refractivity contribution in [3.05, 3.63) is 41.0 Å². The molecule has 0 aliphatic rings. The summed E-state index contributed by atoms with van der Waals surface area (Å²) in [7, 11) is -4.78. The van der Waals surface area contributed by atoms with Crippen LogP contribution in [0.3, 0.4) is 0 Å². The van der Waals surface area contributed by atoms with E-state index in [0.717, 1.165) is 6.92 Å². The van der Waals surface area contributed by atoms with E-state index in [1.54, 1.807) is 18.2 Å². The maximum atomic E-state index is 10.9. The molecule has 1 aromatic carbocycles. The molecule has 0 saturated heterocycles. The molecule has 0 radical (unpaired) electrons. The third-order valence-electron chi connectivity index (χ3n) is 1.82. The predicted molar refractivity (Wildman–Crippen MR) is 61.4 cm³/mol. The smallest absolute Gasteiger partial charge is 0.329 e. The molecule has 3 N–H and O–H groups in total. The van der Waals surface area contributed by atoms with Gasteiger partial charge in [0.25, 0.3) is 5.09 Å². The third kappa shape index (κ3) is 3.58. The first-order chi connectivity index (χ1) is 7.82. The zero-order valence-corrected chi connectivity index (χ0v) is 9.73. The summed E-state index contributed by atoms with van der Waals surface area (Å²) < 4.78 is 30.4. The van der Waals surface area contributed by atoms with E-state index >= 15 is 0 Å². The summed E-state index contributed by atoms with van der Waals surface area (Å²) in [6.07, 6.45) is 0. The van der Waals surface area contributed by atoms with Gasteiger partial charge in [-0.2, -0.15) is 8.42 Å². The number of amides is 1. The standard InChI is InChI=1S/C10H11NO5S/c1-7(12)11-9(10(13)17(14,15)16)8-5-3-2-4-6-8/h2-6,13H,1H3,(H,11,12)(H,14,15,16). The highest BCUT2D eigenvalue weighted by atomic mass is 32.2. The second kappa shape index (κ2) is 4.98. The highest BCUT2D eigenvalue weighted by molar-refractivity contribution is 7.89. The van der Waals surface area contributed by atoms with Gasteiger partial charge < -0.3 is 10.4 Å². The number of benzene rings is 1. The van der Waals surface area contributed by atoms with Gasteiger partial charge in [0.2, 0.25) is 5.91 Å². The van der Waals surface area contributed by atoms with Crippen LogP contribution in [0, 0.1) is 0 Å². The molecule has 6 nitrogen and oxygen atoms in total. The van der Waals surface area contributed by atoms with Gasteiger partial charge in [-0.25, -0.2) is 0 Å². The number of hydrogen-bond donors (Lipinski definition) is 3. The van der Waals surface area contributed by atoms with Gasteiger partial charge in [-0.15, -0.1) is 0 Å². The van der Waals surface area contributed by atoms with Gasteiger partial charge in [-0.3, -0.25) is 9.35 Å². The fourth-order valence-electron chi connectivity index (χ4n) is 1.16. The average Bonchev–Trinajstić information content (AvgIpc) is 2.24. The molecular formula is C10H11NO5S. The number of carbonyl (C=O) groups is 1. The van der Waals surface area contributed by atoms with E-state index in [4.69, 9.17) is 4.55 Å². The van der Waals surface area contributed by atoms with Crippen molar-refractivity contribution in [2.75, 3.05) is 0 Å². The molecule has 0 unspecified atom stereocenters. The number of carbonyl (C=O) groups excluding carboxylic acids is 1.